The molecular weight excluding hydrogens is 210 g/mol. The standard InChI is InChI=1S/C11H11NO4/c13-7-9(11(15)16)12-10(14)6-8-4-2-1-3-5-8/h1-5,7,9H,6H2,(H,12,14)(H,15,16). The van der Waals surface area contributed by atoms with Crippen molar-refractivity contribution in [2.75, 3.05) is 0 Å². The van der Waals surface area contributed by atoms with Crippen molar-refractivity contribution in [1.82, 2.24) is 5.32 Å². The van der Waals surface area contributed by atoms with E-state index in [1.54, 1.807) is 24.3 Å². The minimum absolute atomic E-state index is 0.0540. The average Bonchev–Trinajstić information content (AvgIpc) is 2.27. The maximum Gasteiger partial charge on any atom is 0.333 e. The maximum atomic E-state index is 11.4. The van der Waals surface area contributed by atoms with Gasteiger partial charge in [0.25, 0.3) is 0 Å². The summed E-state index contributed by atoms with van der Waals surface area (Å²) < 4.78 is 0. The number of aliphatic carboxylic acids is 1. The van der Waals surface area contributed by atoms with E-state index in [-0.39, 0.29) is 12.7 Å². The molecule has 1 atom stereocenters. The van der Waals surface area contributed by atoms with Gasteiger partial charge in [-0.15, -0.1) is 0 Å². The third kappa shape index (κ3) is 3.53. The predicted molar refractivity (Wildman–Crippen MR) is 55.8 cm³/mol. The van der Waals surface area contributed by atoms with Gasteiger partial charge in [-0.05, 0) is 5.56 Å². The van der Waals surface area contributed by atoms with E-state index in [2.05, 4.69) is 5.32 Å². The Labute approximate surface area is 92.1 Å². The molecule has 0 saturated carbocycles. The van der Waals surface area contributed by atoms with Crippen LogP contribution in [0.1, 0.15) is 5.56 Å². The number of rotatable bonds is 5. The molecule has 0 aliphatic carbocycles. The molecule has 1 aromatic rings. The van der Waals surface area contributed by atoms with Gasteiger partial charge in [0.05, 0.1) is 6.42 Å². The second-order valence-electron chi connectivity index (χ2n) is 3.18. The van der Waals surface area contributed by atoms with Gasteiger partial charge in [-0.1, -0.05) is 30.3 Å². The zero-order chi connectivity index (χ0) is 12.0. The van der Waals surface area contributed by atoms with E-state index < -0.39 is 17.9 Å². The van der Waals surface area contributed by atoms with Crippen LogP contribution in [0.3, 0.4) is 0 Å². The molecule has 0 spiro atoms. The Kier molecular flexibility index (Phi) is 4.20. The molecule has 0 aromatic heterocycles. The highest BCUT2D eigenvalue weighted by Crippen LogP contribution is 1.99. The second kappa shape index (κ2) is 5.65. The number of hydrogen-bond acceptors (Lipinski definition) is 3. The largest absolute Gasteiger partial charge is 0.479 e. The van der Waals surface area contributed by atoms with Crippen molar-refractivity contribution in [2.24, 2.45) is 0 Å². The summed E-state index contributed by atoms with van der Waals surface area (Å²) >= 11 is 0. The van der Waals surface area contributed by atoms with Crippen molar-refractivity contribution in [1.29, 1.82) is 0 Å². The molecule has 0 fully saturated rings. The van der Waals surface area contributed by atoms with Crippen molar-refractivity contribution in [3.8, 4) is 0 Å². The van der Waals surface area contributed by atoms with Crippen molar-refractivity contribution >= 4 is 18.2 Å². The highest BCUT2D eigenvalue weighted by Gasteiger charge is 2.18. The Hall–Kier alpha value is -2.17. The lowest BCUT2D eigenvalue weighted by Gasteiger charge is -2.07. The van der Waals surface area contributed by atoms with Crippen LogP contribution < -0.4 is 5.32 Å². The topological polar surface area (TPSA) is 83.5 Å². The van der Waals surface area contributed by atoms with E-state index >= 15 is 0 Å². The lowest BCUT2D eigenvalue weighted by Crippen LogP contribution is -2.42. The Morgan fingerprint density at radius 1 is 1.31 bits per heavy atom. The van der Waals surface area contributed by atoms with E-state index in [0.717, 1.165) is 5.56 Å². The van der Waals surface area contributed by atoms with Crippen LogP contribution in [-0.2, 0) is 20.8 Å². The summed E-state index contributed by atoms with van der Waals surface area (Å²) in [5, 5.41) is 10.7. The second-order valence-corrected chi connectivity index (χ2v) is 3.18. The molecule has 0 aliphatic rings. The minimum Gasteiger partial charge on any atom is -0.479 e. The predicted octanol–water partition coefficient (Wildman–Crippen LogP) is -0.00260. The van der Waals surface area contributed by atoms with Gasteiger partial charge in [0.15, 0.2) is 12.3 Å². The first-order valence-electron chi connectivity index (χ1n) is 4.65. The molecule has 0 aliphatic heterocycles. The Morgan fingerprint density at radius 3 is 2.44 bits per heavy atom. The number of aldehydes is 1. The van der Waals surface area contributed by atoms with Crippen LogP contribution in [0.15, 0.2) is 30.3 Å². The summed E-state index contributed by atoms with van der Waals surface area (Å²) in [4.78, 5) is 32.2. The zero-order valence-electron chi connectivity index (χ0n) is 8.42. The van der Waals surface area contributed by atoms with Gasteiger partial charge < -0.3 is 15.2 Å². The monoisotopic (exact) mass is 221 g/mol. The Balaban J connectivity index is 2.54. The maximum absolute atomic E-state index is 11.4. The number of benzene rings is 1. The molecule has 16 heavy (non-hydrogen) atoms. The van der Waals surface area contributed by atoms with Gasteiger partial charge >= 0.3 is 5.97 Å². The minimum atomic E-state index is -1.48. The fourth-order valence-electron chi connectivity index (χ4n) is 1.16. The quantitative estimate of drug-likeness (QED) is 0.541. The Bertz CT molecular complexity index is 388. The van der Waals surface area contributed by atoms with Crippen molar-refractivity contribution < 1.29 is 19.5 Å². The summed E-state index contributed by atoms with van der Waals surface area (Å²) in [7, 11) is 0. The van der Waals surface area contributed by atoms with Crippen LogP contribution in [-0.4, -0.2) is 29.3 Å². The molecule has 5 heteroatoms. The molecule has 0 heterocycles. The average molecular weight is 221 g/mol. The van der Waals surface area contributed by atoms with Crippen LogP contribution >= 0.6 is 0 Å². The molecule has 2 N–H and O–H groups in total. The van der Waals surface area contributed by atoms with Crippen LogP contribution in [0, 0.1) is 0 Å². The third-order valence-corrected chi connectivity index (χ3v) is 1.93. The fourth-order valence-corrected chi connectivity index (χ4v) is 1.16. The summed E-state index contributed by atoms with van der Waals surface area (Å²) in [6.45, 7) is 0. The highest BCUT2D eigenvalue weighted by molar-refractivity contribution is 5.95. The molecule has 1 aromatic carbocycles. The molecule has 5 nitrogen and oxygen atoms in total. The van der Waals surface area contributed by atoms with Crippen molar-refractivity contribution in [3.05, 3.63) is 35.9 Å². The first-order valence-corrected chi connectivity index (χ1v) is 4.65. The molecule has 1 rings (SSSR count). The lowest BCUT2D eigenvalue weighted by molar-refractivity contribution is -0.143. The fraction of sp³-hybridized carbons (Fsp3) is 0.182. The number of carbonyl (C=O) groups is 3. The number of carbonyl (C=O) groups excluding carboxylic acids is 2. The SMILES string of the molecule is O=CC(NC(=O)Cc1ccccc1)C(=O)O. The number of carboxylic acid groups (broad SMARTS) is 1. The van der Waals surface area contributed by atoms with E-state index in [0.29, 0.717) is 0 Å². The summed E-state index contributed by atoms with van der Waals surface area (Å²) in [5.41, 5.74) is 0.759. The first kappa shape index (κ1) is 11.9. The van der Waals surface area contributed by atoms with Crippen LogP contribution in [0.5, 0.6) is 0 Å². The lowest BCUT2D eigenvalue weighted by atomic mass is 10.1. The Morgan fingerprint density at radius 2 is 1.94 bits per heavy atom. The first-order chi connectivity index (χ1) is 7.63. The van der Waals surface area contributed by atoms with E-state index in [9.17, 15) is 14.4 Å². The molecule has 1 amide bonds. The van der Waals surface area contributed by atoms with Gasteiger partial charge in [-0.3, -0.25) is 4.79 Å². The molecule has 84 valence electrons. The molecular formula is C11H11NO4. The number of hydrogen-bond donors (Lipinski definition) is 2. The van der Waals surface area contributed by atoms with Crippen LogP contribution in [0.2, 0.25) is 0 Å². The number of amides is 1. The van der Waals surface area contributed by atoms with Gasteiger partial charge in [0, 0.05) is 0 Å². The van der Waals surface area contributed by atoms with E-state index in [1.807, 2.05) is 6.07 Å². The van der Waals surface area contributed by atoms with E-state index in [4.69, 9.17) is 5.11 Å². The highest BCUT2D eigenvalue weighted by atomic mass is 16.4. The van der Waals surface area contributed by atoms with Gasteiger partial charge in [0.1, 0.15) is 0 Å². The molecule has 0 bridgehead atoms. The van der Waals surface area contributed by atoms with Crippen LogP contribution in [0.25, 0.3) is 0 Å². The number of nitrogens with one attached hydrogen (secondary N) is 1. The van der Waals surface area contributed by atoms with Crippen LogP contribution in [0.4, 0.5) is 0 Å². The van der Waals surface area contributed by atoms with Gasteiger partial charge in [-0.25, -0.2) is 4.79 Å². The summed E-state index contributed by atoms with van der Waals surface area (Å²) in [6.07, 6.45) is 0.240. The summed E-state index contributed by atoms with van der Waals surface area (Å²) in [5.74, 6) is -1.86. The third-order valence-electron chi connectivity index (χ3n) is 1.93. The van der Waals surface area contributed by atoms with Crippen molar-refractivity contribution in [3.63, 3.8) is 0 Å². The molecule has 1 unspecified atom stereocenters. The normalized spacial score (nSPS) is 11.5. The van der Waals surface area contributed by atoms with Gasteiger partial charge in [-0.2, -0.15) is 0 Å². The smallest absolute Gasteiger partial charge is 0.333 e. The number of carboxylic acids is 1. The zero-order valence-corrected chi connectivity index (χ0v) is 8.42. The van der Waals surface area contributed by atoms with Crippen molar-refractivity contribution in [2.45, 2.75) is 12.5 Å². The summed E-state index contributed by atoms with van der Waals surface area (Å²) in [6, 6.07) is 7.38. The molecule has 0 radical (unpaired) electrons. The van der Waals surface area contributed by atoms with E-state index in [1.165, 1.54) is 0 Å². The van der Waals surface area contributed by atoms with Gasteiger partial charge in [0.2, 0.25) is 5.91 Å². The molecule has 0 saturated heterocycles.